The van der Waals surface area contributed by atoms with Crippen LogP contribution in [0.15, 0.2) is 30.5 Å². The number of phenolic OH excluding ortho intramolecular Hbond substituents is 1. The van der Waals surface area contributed by atoms with E-state index in [1.807, 2.05) is 12.1 Å². The van der Waals surface area contributed by atoms with Gasteiger partial charge in [0.25, 0.3) is 0 Å². The second kappa shape index (κ2) is 5.69. The fourth-order valence-corrected chi connectivity index (χ4v) is 2.14. The Bertz CT molecular complexity index is 521. The molecule has 4 heteroatoms. The van der Waals surface area contributed by atoms with E-state index < -0.39 is 0 Å². The van der Waals surface area contributed by atoms with Gasteiger partial charge < -0.3 is 15.7 Å². The molecule has 1 aromatic heterocycles. The van der Waals surface area contributed by atoms with Crippen LogP contribution in [-0.2, 0) is 0 Å². The van der Waals surface area contributed by atoms with Gasteiger partial charge >= 0.3 is 0 Å². The third kappa shape index (κ3) is 2.54. The fourth-order valence-electron chi connectivity index (χ4n) is 2.14. The Hall–Kier alpha value is -1.81. The molecule has 0 unspecified atom stereocenters. The number of hydrogen-bond donors (Lipinski definition) is 2. The van der Waals surface area contributed by atoms with Gasteiger partial charge in [-0.05, 0) is 30.0 Å². The van der Waals surface area contributed by atoms with Gasteiger partial charge in [0.1, 0.15) is 11.6 Å². The van der Waals surface area contributed by atoms with E-state index in [2.05, 4.69) is 16.8 Å². The second-order valence-corrected chi connectivity index (χ2v) is 4.32. The van der Waals surface area contributed by atoms with E-state index >= 15 is 0 Å². The zero-order chi connectivity index (χ0) is 13.0. The number of pyridine rings is 1. The third-order valence-electron chi connectivity index (χ3n) is 2.92. The van der Waals surface area contributed by atoms with Crippen molar-refractivity contribution in [1.29, 1.82) is 0 Å². The van der Waals surface area contributed by atoms with Gasteiger partial charge in [-0.1, -0.05) is 13.0 Å². The lowest BCUT2D eigenvalue weighted by Crippen LogP contribution is -2.30. The van der Waals surface area contributed by atoms with Crippen LogP contribution in [0.1, 0.15) is 13.3 Å². The molecule has 0 spiro atoms. The molecule has 0 radical (unpaired) electrons. The molecule has 0 bridgehead atoms. The normalized spacial score (nSPS) is 10.8. The number of benzene rings is 1. The highest BCUT2D eigenvalue weighted by atomic mass is 16.3. The first-order chi connectivity index (χ1) is 8.76. The quantitative estimate of drug-likeness (QED) is 0.847. The van der Waals surface area contributed by atoms with Crippen molar-refractivity contribution in [3.63, 3.8) is 0 Å². The molecule has 0 aliphatic heterocycles. The maximum Gasteiger partial charge on any atom is 0.136 e. The highest BCUT2D eigenvalue weighted by Crippen LogP contribution is 2.27. The summed E-state index contributed by atoms with van der Waals surface area (Å²) >= 11 is 0. The lowest BCUT2D eigenvalue weighted by atomic mass is 10.1. The Morgan fingerprint density at radius 3 is 2.83 bits per heavy atom. The number of aromatic hydroxyl groups is 1. The molecule has 96 valence electrons. The Labute approximate surface area is 107 Å². The first kappa shape index (κ1) is 12.6. The minimum Gasteiger partial charge on any atom is -0.508 e. The largest absolute Gasteiger partial charge is 0.508 e. The molecule has 2 rings (SSSR count). The van der Waals surface area contributed by atoms with E-state index in [9.17, 15) is 5.11 Å². The van der Waals surface area contributed by atoms with E-state index in [4.69, 9.17) is 5.73 Å². The van der Waals surface area contributed by atoms with Gasteiger partial charge in [-0.15, -0.1) is 0 Å². The van der Waals surface area contributed by atoms with Gasteiger partial charge in [-0.2, -0.15) is 0 Å². The van der Waals surface area contributed by atoms with Gasteiger partial charge in [0.15, 0.2) is 0 Å². The van der Waals surface area contributed by atoms with Crippen molar-refractivity contribution in [2.45, 2.75) is 13.3 Å². The molecule has 0 aliphatic rings. The molecule has 0 fully saturated rings. The van der Waals surface area contributed by atoms with E-state index in [0.717, 1.165) is 36.1 Å². The summed E-state index contributed by atoms with van der Waals surface area (Å²) in [5, 5.41) is 11.7. The minimum absolute atomic E-state index is 0.265. The molecule has 4 nitrogen and oxygen atoms in total. The van der Waals surface area contributed by atoms with Crippen LogP contribution >= 0.6 is 0 Å². The standard InChI is InChI=1S/C14H19N3O/c1-2-8-17(9-6-15)14-13-10-12(18)4-3-11(13)5-7-16-14/h3-5,7,10,18H,2,6,8-9,15H2,1H3. The molecule has 1 heterocycles. The number of fused-ring (bicyclic) bond motifs is 1. The van der Waals surface area contributed by atoms with Gasteiger partial charge in [-0.25, -0.2) is 4.98 Å². The summed E-state index contributed by atoms with van der Waals surface area (Å²) < 4.78 is 0. The summed E-state index contributed by atoms with van der Waals surface area (Å²) in [4.78, 5) is 6.61. The summed E-state index contributed by atoms with van der Waals surface area (Å²) in [6, 6.07) is 7.31. The van der Waals surface area contributed by atoms with Gasteiger partial charge in [0.2, 0.25) is 0 Å². The van der Waals surface area contributed by atoms with E-state index in [0.29, 0.717) is 6.54 Å². The Balaban J connectivity index is 2.50. The lowest BCUT2D eigenvalue weighted by Gasteiger charge is -2.23. The Kier molecular flexibility index (Phi) is 3.99. The van der Waals surface area contributed by atoms with Crippen LogP contribution in [0.5, 0.6) is 5.75 Å². The van der Waals surface area contributed by atoms with E-state index in [1.165, 1.54) is 0 Å². The van der Waals surface area contributed by atoms with Crippen molar-refractivity contribution < 1.29 is 5.11 Å². The van der Waals surface area contributed by atoms with Crippen LogP contribution < -0.4 is 10.6 Å². The number of nitrogens with zero attached hydrogens (tertiary/aromatic N) is 2. The summed E-state index contributed by atoms with van der Waals surface area (Å²) in [7, 11) is 0. The van der Waals surface area contributed by atoms with Crippen molar-refractivity contribution in [1.82, 2.24) is 4.98 Å². The number of phenols is 1. The third-order valence-corrected chi connectivity index (χ3v) is 2.92. The molecule has 0 saturated carbocycles. The molecule has 3 N–H and O–H groups in total. The highest BCUT2D eigenvalue weighted by molar-refractivity contribution is 5.93. The lowest BCUT2D eigenvalue weighted by molar-refractivity contribution is 0.476. The van der Waals surface area contributed by atoms with Gasteiger partial charge in [-0.3, -0.25) is 0 Å². The predicted octanol–water partition coefficient (Wildman–Crippen LogP) is 2.12. The van der Waals surface area contributed by atoms with Crippen LogP contribution in [0.3, 0.4) is 0 Å². The molecular weight excluding hydrogens is 226 g/mol. The van der Waals surface area contributed by atoms with E-state index in [1.54, 1.807) is 18.3 Å². The predicted molar refractivity (Wildman–Crippen MR) is 75.0 cm³/mol. The summed E-state index contributed by atoms with van der Waals surface area (Å²) in [6.07, 6.45) is 2.84. The Morgan fingerprint density at radius 2 is 2.11 bits per heavy atom. The van der Waals surface area contributed by atoms with Crippen LogP contribution in [-0.4, -0.2) is 29.7 Å². The average molecular weight is 245 g/mol. The molecule has 0 saturated heterocycles. The first-order valence-electron chi connectivity index (χ1n) is 6.29. The van der Waals surface area contributed by atoms with Crippen LogP contribution in [0, 0.1) is 0 Å². The molecule has 1 aromatic carbocycles. The van der Waals surface area contributed by atoms with Gasteiger partial charge in [0, 0.05) is 31.2 Å². The molecule has 18 heavy (non-hydrogen) atoms. The van der Waals surface area contributed by atoms with Crippen LogP contribution in [0.25, 0.3) is 10.8 Å². The maximum absolute atomic E-state index is 9.63. The molecule has 0 aliphatic carbocycles. The highest BCUT2D eigenvalue weighted by Gasteiger charge is 2.10. The molecule has 2 aromatic rings. The summed E-state index contributed by atoms with van der Waals surface area (Å²) in [6.45, 7) is 4.41. The van der Waals surface area contributed by atoms with Crippen molar-refractivity contribution in [3.8, 4) is 5.75 Å². The van der Waals surface area contributed by atoms with Crippen molar-refractivity contribution in [2.75, 3.05) is 24.5 Å². The maximum atomic E-state index is 9.63. The SMILES string of the molecule is CCCN(CCN)c1nccc2ccc(O)cc12. The zero-order valence-electron chi connectivity index (χ0n) is 10.6. The number of aromatic nitrogens is 1. The fraction of sp³-hybridized carbons (Fsp3) is 0.357. The minimum atomic E-state index is 0.265. The topological polar surface area (TPSA) is 62.4 Å². The number of nitrogens with two attached hydrogens (primary N) is 1. The number of anilines is 1. The van der Waals surface area contributed by atoms with Crippen LogP contribution in [0.4, 0.5) is 5.82 Å². The monoisotopic (exact) mass is 245 g/mol. The first-order valence-corrected chi connectivity index (χ1v) is 6.29. The summed E-state index contributed by atoms with van der Waals surface area (Å²) in [5.41, 5.74) is 5.65. The van der Waals surface area contributed by atoms with Gasteiger partial charge in [0.05, 0.1) is 0 Å². The second-order valence-electron chi connectivity index (χ2n) is 4.32. The van der Waals surface area contributed by atoms with Crippen molar-refractivity contribution in [3.05, 3.63) is 30.5 Å². The van der Waals surface area contributed by atoms with Crippen molar-refractivity contribution >= 4 is 16.6 Å². The van der Waals surface area contributed by atoms with E-state index in [-0.39, 0.29) is 5.75 Å². The zero-order valence-corrected chi connectivity index (χ0v) is 10.6. The molecule has 0 atom stereocenters. The van der Waals surface area contributed by atoms with Crippen LogP contribution in [0.2, 0.25) is 0 Å². The molecular formula is C14H19N3O. The summed E-state index contributed by atoms with van der Waals surface area (Å²) in [5.74, 6) is 1.16. The molecule has 0 amide bonds. The van der Waals surface area contributed by atoms with Crippen molar-refractivity contribution in [2.24, 2.45) is 5.73 Å². The average Bonchev–Trinajstić information content (AvgIpc) is 2.38. The smallest absolute Gasteiger partial charge is 0.136 e. The Morgan fingerprint density at radius 1 is 1.28 bits per heavy atom. The number of rotatable bonds is 5. The number of hydrogen-bond acceptors (Lipinski definition) is 4.